The van der Waals surface area contributed by atoms with E-state index in [9.17, 15) is 4.79 Å². The molecule has 3 aromatic rings. The number of nitrogens with zero attached hydrogens (tertiary/aromatic N) is 3. The molecule has 0 aliphatic rings. The number of thiophene rings is 1. The molecule has 0 saturated carbocycles. The maximum Gasteiger partial charge on any atom is 0.155 e. The van der Waals surface area contributed by atoms with E-state index in [1.807, 2.05) is 23.6 Å². The van der Waals surface area contributed by atoms with Gasteiger partial charge in [-0.2, -0.15) is 5.10 Å². The molecule has 0 N–H and O–H groups in total. The quantitative estimate of drug-likeness (QED) is 0.633. The Hall–Kier alpha value is -2.01. The molecule has 0 aliphatic carbocycles. The highest BCUT2D eigenvalue weighted by Crippen LogP contribution is 2.23. The van der Waals surface area contributed by atoms with Gasteiger partial charge in [-0.15, -0.1) is 11.3 Å². The fourth-order valence-corrected chi connectivity index (χ4v) is 2.18. The van der Waals surface area contributed by atoms with E-state index in [0.29, 0.717) is 5.56 Å². The SMILES string of the molecule is O=Cc1cnc2cc(-c3cccs3)nn2c1. The third kappa shape index (κ3) is 1.42. The number of fused-ring (bicyclic) bond motifs is 1. The van der Waals surface area contributed by atoms with Crippen LogP contribution < -0.4 is 0 Å². The molecule has 0 saturated heterocycles. The average Bonchev–Trinajstić information content (AvgIpc) is 2.96. The zero-order chi connectivity index (χ0) is 11.0. The normalized spacial score (nSPS) is 10.8. The van der Waals surface area contributed by atoms with Crippen LogP contribution in [0.1, 0.15) is 10.4 Å². The van der Waals surface area contributed by atoms with Gasteiger partial charge in [0, 0.05) is 18.5 Å². The van der Waals surface area contributed by atoms with Crippen molar-refractivity contribution >= 4 is 23.3 Å². The number of carbonyl (C=O) groups is 1. The first-order chi connectivity index (χ1) is 7.86. The third-order valence-electron chi connectivity index (χ3n) is 2.24. The van der Waals surface area contributed by atoms with E-state index in [1.165, 1.54) is 0 Å². The van der Waals surface area contributed by atoms with E-state index < -0.39 is 0 Å². The number of carbonyl (C=O) groups excluding carboxylic acids is 1. The maximum atomic E-state index is 10.6. The summed E-state index contributed by atoms with van der Waals surface area (Å²) in [5, 5.41) is 6.37. The van der Waals surface area contributed by atoms with Crippen LogP contribution >= 0.6 is 11.3 Å². The summed E-state index contributed by atoms with van der Waals surface area (Å²) in [6.45, 7) is 0. The van der Waals surface area contributed by atoms with Crippen LogP contribution in [0.5, 0.6) is 0 Å². The molecule has 0 aromatic carbocycles. The molecular weight excluding hydrogens is 222 g/mol. The van der Waals surface area contributed by atoms with Crippen LogP contribution in [0.4, 0.5) is 0 Å². The summed E-state index contributed by atoms with van der Waals surface area (Å²) < 4.78 is 1.62. The maximum absolute atomic E-state index is 10.6. The number of aldehydes is 1. The molecular formula is C11H7N3OS. The number of hydrogen-bond acceptors (Lipinski definition) is 4. The molecule has 4 nitrogen and oxygen atoms in total. The summed E-state index contributed by atoms with van der Waals surface area (Å²) >= 11 is 1.63. The zero-order valence-electron chi connectivity index (χ0n) is 8.20. The van der Waals surface area contributed by atoms with E-state index in [1.54, 1.807) is 28.2 Å². The predicted octanol–water partition coefficient (Wildman–Crippen LogP) is 2.27. The fourth-order valence-electron chi connectivity index (χ4n) is 1.50. The highest BCUT2D eigenvalue weighted by atomic mass is 32.1. The number of rotatable bonds is 2. The van der Waals surface area contributed by atoms with Gasteiger partial charge in [-0.3, -0.25) is 4.79 Å². The molecule has 0 radical (unpaired) electrons. The molecule has 0 unspecified atom stereocenters. The molecule has 3 heterocycles. The minimum absolute atomic E-state index is 0.522. The Kier molecular flexibility index (Phi) is 2.04. The Bertz CT molecular complexity index is 642. The molecule has 16 heavy (non-hydrogen) atoms. The van der Waals surface area contributed by atoms with Gasteiger partial charge in [-0.1, -0.05) is 6.07 Å². The van der Waals surface area contributed by atoms with Crippen molar-refractivity contribution in [2.75, 3.05) is 0 Å². The van der Waals surface area contributed by atoms with Crippen LogP contribution in [0.15, 0.2) is 36.0 Å². The zero-order valence-corrected chi connectivity index (χ0v) is 9.02. The molecule has 0 aliphatic heterocycles. The van der Waals surface area contributed by atoms with Crippen LogP contribution in [-0.4, -0.2) is 20.9 Å². The van der Waals surface area contributed by atoms with Crippen LogP contribution in [-0.2, 0) is 0 Å². The lowest BCUT2D eigenvalue weighted by atomic mass is 10.3. The molecule has 0 bridgehead atoms. The summed E-state index contributed by atoms with van der Waals surface area (Å²) in [6, 6.07) is 5.89. The second-order valence-electron chi connectivity index (χ2n) is 3.31. The third-order valence-corrected chi connectivity index (χ3v) is 3.14. The lowest BCUT2D eigenvalue weighted by Crippen LogP contribution is -1.92. The van der Waals surface area contributed by atoms with Crippen molar-refractivity contribution in [3.8, 4) is 10.6 Å². The standard InChI is InChI=1S/C11H7N3OS/c15-7-8-5-12-11-4-9(13-14(11)6-8)10-2-1-3-16-10/h1-7H. The Morgan fingerprint density at radius 1 is 1.44 bits per heavy atom. The summed E-state index contributed by atoms with van der Waals surface area (Å²) in [5.41, 5.74) is 2.15. The van der Waals surface area contributed by atoms with Crippen molar-refractivity contribution < 1.29 is 4.79 Å². The first-order valence-electron chi connectivity index (χ1n) is 4.71. The number of aromatic nitrogens is 3. The van der Waals surface area contributed by atoms with E-state index in [-0.39, 0.29) is 0 Å². The number of hydrogen-bond donors (Lipinski definition) is 0. The van der Waals surface area contributed by atoms with Crippen molar-refractivity contribution in [1.82, 2.24) is 14.6 Å². The molecule has 3 aromatic heterocycles. The van der Waals surface area contributed by atoms with Crippen molar-refractivity contribution in [2.45, 2.75) is 0 Å². The molecule has 0 atom stereocenters. The van der Waals surface area contributed by atoms with Gasteiger partial charge in [0.15, 0.2) is 11.9 Å². The van der Waals surface area contributed by atoms with Gasteiger partial charge >= 0.3 is 0 Å². The summed E-state index contributed by atoms with van der Waals surface area (Å²) in [6.07, 6.45) is 3.98. The van der Waals surface area contributed by atoms with Gasteiger partial charge in [-0.05, 0) is 11.4 Å². The van der Waals surface area contributed by atoms with E-state index >= 15 is 0 Å². The monoisotopic (exact) mass is 229 g/mol. The van der Waals surface area contributed by atoms with E-state index in [0.717, 1.165) is 22.5 Å². The van der Waals surface area contributed by atoms with Crippen molar-refractivity contribution in [2.24, 2.45) is 0 Å². The minimum atomic E-state index is 0.522. The highest BCUT2D eigenvalue weighted by Gasteiger charge is 2.06. The van der Waals surface area contributed by atoms with Crippen LogP contribution in [0.2, 0.25) is 0 Å². The van der Waals surface area contributed by atoms with E-state index in [2.05, 4.69) is 10.1 Å². The van der Waals surface area contributed by atoms with Crippen LogP contribution in [0, 0.1) is 0 Å². The first kappa shape index (κ1) is 9.23. The second-order valence-corrected chi connectivity index (χ2v) is 4.26. The molecule has 78 valence electrons. The van der Waals surface area contributed by atoms with Gasteiger partial charge < -0.3 is 0 Å². The molecule has 0 spiro atoms. The molecule has 0 amide bonds. The highest BCUT2D eigenvalue weighted by molar-refractivity contribution is 7.13. The van der Waals surface area contributed by atoms with Crippen LogP contribution in [0.3, 0.4) is 0 Å². The average molecular weight is 229 g/mol. The molecule has 3 rings (SSSR count). The van der Waals surface area contributed by atoms with E-state index in [4.69, 9.17) is 0 Å². The Labute approximate surface area is 95.2 Å². The van der Waals surface area contributed by atoms with Crippen molar-refractivity contribution in [3.05, 3.63) is 41.5 Å². The summed E-state index contributed by atoms with van der Waals surface area (Å²) in [7, 11) is 0. The van der Waals surface area contributed by atoms with Gasteiger partial charge in [0.2, 0.25) is 0 Å². The van der Waals surface area contributed by atoms with Crippen molar-refractivity contribution in [1.29, 1.82) is 0 Å². The largest absolute Gasteiger partial charge is 0.298 e. The summed E-state index contributed by atoms with van der Waals surface area (Å²) in [4.78, 5) is 15.9. The first-order valence-corrected chi connectivity index (χ1v) is 5.59. The predicted molar refractivity (Wildman–Crippen MR) is 61.7 cm³/mol. The Morgan fingerprint density at radius 2 is 2.38 bits per heavy atom. The van der Waals surface area contributed by atoms with Crippen molar-refractivity contribution in [3.63, 3.8) is 0 Å². The smallest absolute Gasteiger partial charge is 0.155 e. The molecule has 5 heteroatoms. The minimum Gasteiger partial charge on any atom is -0.298 e. The Balaban J connectivity index is 2.19. The topological polar surface area (TPSA) is 47.3 Å². The Morgan fingerprint density at radius 3 is 3.12 bits per heavy atom. The summed E-state index contributed by atoms with van der Waals surface area (Å²) in [5.74, 6) is 0. The second kappa shape index (κ2) is 3.53. The molecule has 0 fully saturated rings. The van der Waals surface area contributed by atoms with Gasteiger partial charge in [0.25, 0.3) is 0 Å². The fraction of sp³-hybridized carbons (Fsp3) is 0. The lowest BCUT2D eigenvalue weighted by molar-refractivity contribution is 0.112. The van der Waals surface area contributed by atoms with Gasteiger partial charge in [0.1, 0.15) is 5.69 Å². The van der Waals surface area contributed by atoms with Gasteiger partial charge in [-0.25, -0.2) is 9.50 Å². The van der Waals surface area contributed by atoms with Gasteiger partial charge in [0.05, 0.1) is 10.4 Å². The lowest BCUT2D eigenvalue weighted by Gasteiger charge is -1.91. The van der Waals surface area contributed by atoms with Crippen LogP contribution in [0.25, 0.3) is 16.2 Å².